The molecule has 0 saturated heterocycles. The van der Waals surface area contributed by atoms with E-state index in [2.05, 4.69) is 19.1 Å². The van der Waals surface area contributed by atoms with Crippen molar-refractivity contribution in [1.82, 2.24) is 0 Å². The summed E-state index contributed by atoms with van der Waals surface area (Å²) in [5, 5.41) is 0. The number of esters is 1. The molecule has 0 aromatic heterocycles. The van der Waals surface area contributed by atoms with Gasteiger partial charge in [0.05, 0.1) is 20.1 Å². The molecule has 3 nitrogen and oxygen atoms in total. The van der Waals surface area contributed by atoms with Gasteiger partial charge in [-0.1, -0.05) is 19.1 Å². The van der Waals surface area contributed by atoms with Crippen LogP contribution in [0, 0.1) is 11.8 Å². The largest absolute Gasteiger partial charge is 0.497 e. The number of ether oxygens (including phenoxy) is 2. The van der Waals surface area contributed by atoms with Crippen LogP contribution in [-0.4, -0.2) is 20.2 Å². The van der Waals surface area contributed by atoms with E-state index in [1.54, 1.807) is 7.11 Å². The minimum absolute atomic E-state index is 0.0505. The van der Waals surface area contributed by atoms with Gasteiger partial charge in [-0.05, 0) is 48.8 Å². The van der Waals surface area contributed by atoms with Crippen molar-refractivity contribution < 1.29 is 14.3 Å². The van der Waals surface area contributed by atoms with Crippen LogP contribution in [0.15, 0.2) is 24.3 Å². The minimum Gasteiger partial charge on any atom is -0.497 e. The summed E-state index contributed by atoms with van der Waals surface area (Å²) in [5.74, 6) is 1.96. The summed E-state index contributed by atoms with van der Waals surface area (Å²) in [7, 11) is 3.16. The molecule has 0 amide bonds. The monoisotopic (exact) mass is 262 g/mol. The summed E-state index contributed by atoms with van der Waals surface area (Å²) in [4.78, 5) is 11.4. The molecule has 0 heterocycles. The molecule has 0 radical (unpaired) electrons. The lowest BCUT2D eigenvalue weighted by Gasteiger charge is -2.16. The Morgan fingerprint density at radius 3 is 2.84 bits per heavy atom. The van der Waals surface area contributed by atoms with Crippen molar-refractivity contribution in [2.24, 2.45) is 11.8 Å². The van der Waals surface area contributed by atoms with Gasteiger partial charge in [-0.15, -0.1) is 0 Å². The zero-order chi connectivity index (χ0) is 13.8. The summed E-state index contributed by atoms with van der Waals surface area (Å²) in [6.07, 6.45) is 3.12. The van der Waals surface area contributed by atoms with Gasteiger partial charge < -0.3 is 9.47 Å². The first kappa shape index (κ1) is 13.9. The van der Waals surface area contributed by atoms with Crippen LogP contribution in [0.2, 0.25) is 0 Å². The molecule has 1 aliphatic rings. The second-order valence-electron chi connectivity index (χ2n) is 5.24. The number of benzene rings is 1. The molecule has 0 N–H and O–H groups in total. The molecular weight excluding hydrogens is 240 g/mol. The number of carbonyl (C=O) groups is 1. The Kier molecular flexibility index (Phi) is 4.46. The highest BCUT2D eigenvalue weighted by Crippen LogP contribution is 2.46. The van der Waals surface area contributed by atoms with Gasteiger partial charge in [-0.25, -0.2) is 0 Å². The Labute approximate surface area is 114 Å². The average molecular weight is 262 g/mol. The average Bonchev–Trinajstić information content (AvgIpc) is 3.23. The lowest BCUT2D eigenvalue weighted by Crippen LogP contribution is -2.06. The van der Waals surface area contributed by atoms with Crippen molar-refractivity contribution in [2.75, 3.05) is 14.2 Å². The lowest BCUT2D eigenvalue weighted by atomic mass is 9.90. The number of methoxy groups -OCH3 is 2. The number of hydrogen-bond donors (Lipinski definition) is 0. The lowest BCUT2D eigenvalue weighted by molar-refractivity contribution is -0.142. The van der Waals surface area contributed by atoms with Crippen LogP contribution in [0.4, 0.5) is 0 Å². The quantitative estimate of drug-likeness (QED) is 0.737. The van der Waals surface area contributed by atoms with E-state index in [4.69, 9.17) is 9.47 Å². The van der Waals surface area contributed by atoms with E-state index >= 15 is 0 Å². The molecule has 1 aromatic rings. The first-order chi connectivity index (χ1) is 9.19. The van der Waals surface area contributed by atoms with E-state index in [9.17, 15) is 4.79 Å². The van der Waals surface area contributed by atoms with Crippen LogP contribution in [0.1, 0.15) is 37.7 Å². The van der Waals surface area contributed by atoms with Gasteiger partial charge in [0.15, 0.2) is 0 Å². The second kappa shape index (κ2) is 6.09. The summed E-state index contributed by atoms with van der Waals surface area (Å²) >= 11 is 0. The molecule has 1 saturated carbocycles. The Balaban J connectivity index is 1.99. The molecule has 0 bridgehead atoms. The predicted molar refractivity (Wildman–Crippen MR) is 74.3 cm³/mol. The fourth-order valence-electron chi connectivity index (χ4n) is 2.75. The highest BCUT2D eigenvalue weighted by atomic mass is 16.5. The molecule has 1 aliphatic carbocycles. The van der Waals surface area contributed by atoms with Crippen LogP contribution >= 0.6 is 0 Å². The molecule has 3 heteroatoms. The van der Waals surface area contributed by atoms with Gasteiger partial charge >= 0.3 is 5.97 Å². The zero-order valence-electron chi connectivity index (χ0n) is 11.9. The third-order valence-electron chi connectivity index (χ3n) is 4.07. The highest BCUT2D eigenvalue weighted by molar-refractivity contribution is 5.75. The van der Waals surface area contributed by atoms with E-state index in [1.165, 1.54) is 12.7 Å². The zero-order valence-corrected chi connectivity index (χ0v) is 11.9. The van der Waals surface area contributed by atoms with Gasteiger partial charge in [0.1, 0.15) is 5.75 Å². The molecule has 1 aromatic carbocycles. The normalized spacial score (nSPS) is 22.7. The standard InChI is InChI=1S/C16H22O3/c1-4-11(8-13-10-15(13)16(17)19-3)12-6-5-7-14(9-12)18-2/h5-7,9,11,13,15H,4,8,10H2,1-3H3. The number of rotatable bonds is 6. The molecule has 1 fully saturated rings. The van der Waals surface area contributed by atoms with Gasteiger partial charge in [0, 0.05) is 0 Å². The van der Waals surface area contributed by atoms with Crippen LogP contribution < -0.4 is 4.74 Å². The van der Waals surface area contributed by atoms with E-state index in [0.29, 0.717) is 11.8 Å². The maximum atomic E-state index is 11.4. The van der Waals surface area contributed by atoms with E-state index in [-0.39, 0.29) is 11.9 Å². The maximum absolute atomic E-state index is 11.4. The van der Waals surface area contributed by atoms with Crippen LogP contribution in [0.5, 0.6) is 5.75 Å². The Bertz CT molecular complexity index is 441. The van der Waals surface area contributed by atoms with Crippen molar-refractivity contribution in [3.05, 3.63) is 29.8 Å². The predicted octanol–water partition coefficient (Wildman–Crippen LogP) is 3.39. The molecule has 2 rings (SSSR count). The fourth-order valence-corrected chi connectivity index (χ4v) is 2.75. The molecule has 0 aliphatic heterocycles. The van der Waals surface area contributed by atoms with Crippen LogP contribution in [0.3, 0.4) is 0 Å². The smallest absolute Gasteiger partial charge is 0.308 e. The molecular formula is C16H22O3. The van der Waals surface area contributed by atoms with Gasteiger partial charge in [-0.2, -0.15) is 0 Å². The summed E-state index contributed by atoms with van der Waals surface area (Å²) in [5.41, 5.74) is 1.30. The van der Waals surface area contributed by atoms with Gasteiger partial charge in [0.25, 0.3) is 0 Å². The molecule has 19 heavy (non-hydrogen) atoms. The number of hydrogen-bond acceptors (Lipinski definition) is 3. The first-order valence-electron chi connectivity index (χ1n) is 6.91. The van der Waals surface area contributed by atoms with Crippen LogP contribution in [-0.2, 0) is 9.53 Å². The van der Waals surface area contributed by atoms with Crippen molar-refractivity contribution in [1.29, 1.82) is 0 Å². The molecule has 3 atom stereocenters. The van der Waals surface area contributed by atoms with Gasteiger partial charge in [0.2, 0.25) is 0 Å². The second-order valence-corrected chi connectivity index (χ2v) is 5.24. The van der Waals surface area contributed by atoms with Gasteiger partial charge in [-0.3, -0.25) is 4.79 Å². The Morgan fingerprint density at radius 1 is 1.42 bits per heavy atom. The highest BCUT2D eigenvalue weighted by Gasteiger charge is 2.44. The van der Waals surface area contributed by atoms with Crippen molar-refractivity contribution in [2.45, 2.75) is 32.1 Å². The van der Waals surface area contributed by atoms with Crippen molar-refractivity contribution in [3.63, 3.8) is 0 Å². The third-order valence-corrected chi connectivity index (χ3v) is 4.07. The van der Waals surface area contributed by atoms with Crippen LogP contribution in [0.25, 0.3) is 0 Å². The van der Waals surface area contributed by atoms with Crippen molar-refractivity contribution >= 4 is 5.97 Å². The topological polar surface area (TPSA) is 35.5 Å². The maximum Gasteiger partial charge on any atom is 0.308 e. The summed E-state index contributed by atoms with van der Waals surface area (Å²) < 4.78 is 10.1. The van der Waals surface area contributed by atoms with E-state index < -0.39 is 0 Å². The fraction of sp³-hybridized carbons (Fsp3) is 0.562. The summed E-state index contributed by atoms with van der Waals surface area (Å²) in [6.45, 7) is 2.19. The van der Waals surface area contributed by atoms with E-state index in [0.717, 1.165) is 25.0 Å². The minimum atomic E-state index is -0.0505. The Morgan fingerprint density at radius 2 is 2.21 bits per heavy atom. The third kappa shape index (κ3) is 3.28. The number of carbonyl (C=O) groups excluding carboxylic acids is 1. The Hall–Kier alpha value is -1.51. The van der Waals surface area contributed by atoms with E-state index in [1.807, 2.05) is 12.1 Å². The molecule has 3 unspecified atom stereocenters. The molecule has 104 valence electrons. The molecule has 0 spiro atoms. The first-order valence-corrected chi connectivity index (χ1v) is 6.91. The van der Waals surface area contributed by atoms with Crippen molar-refractivity contribution in [3.8, 4) is 5.75 Å². The summed E-state index contributed by atoms with van der Waals surface area (Å²) in [6, 6.07) is 8.24. The SMILES string of the molecule is CCC(CC1CC1C(=O)OC)c1cccc(OC)c1.